The third kappa shape index (κ3) is 6.06. The van der Waals surface area contributed by atoms with Crippen LogP contribution in [0.3, 0.4) is 0 Å². The minimum Gasteiger partial charge on any atom is -0.0990 e. The molecule has 0 saturated heterocycles. The molecule has 0 amide bonds. The predicted molar refractivity (Wildman–Crippen MR) is 93.8 cm³/mol. The molecule has 0 rings (SSSR count). The molecule has 0 radical (unpaired) electrons. The third-order valence-corrected chi connectivity index (χ3v) is 3.62. The van der Waals surface area contributed by atoms with Gasteiger partial charge in [-0.05, 0) is 43.3 Å². The van der Waals surface area contributed by atoms with Crippen LogP contribution in [0.1, 0.15) is 41.0 Å². The number of rotatable bonds is 8. The minimum atomic E-state index is 0.368. The lowest BCUT2D eigenvalue weighted by Gasteiger charge is -2.22. The summed E-state index contributed by atoms with van der Waals surface area (Å²) in [6.07, 6.45) is 7.04. The van der Waals surface area contributed by atoms with Gasteiger partial charge in [-0.15, -0.1) is 0 Å². The van der Waals surface area contributed by atoms with Crippen LogP contribution in [0.15, 0.2) is 72.4 Å². The van der Waals surface area contributed by atoms with Gasteiger partial charge in [0.05, 0.1) is 0 Å². The van der Waals surface area contributed by atoms with Crippen LogP contribution in [0.25, 0.3) is 0 Å². The van der Waals surface area contributed by atoms with Gasteiger partial charge in [-0.1, -0.05) is 82.0 Å². The second-order valence-corrected chi connectivity index (χ2v) is 5.85. The summed E-state index contributed by atoms with van der Waals surface area (Å²) in [6, 6.07) is 0. The fourth-order valence-corrected chi connectivity index (χ4v) is 2.06. The summed E-state index contributed by atoms with van der Waals surface area (Å²) in [6.45, 7) is 26.7. The lowest BCUT2D eigenvalue weighted by atomic mass is 9.84. The van der Waals surface area contributed by atoms with Crippen molar-refractivity contribution in [3.8, 4) is 0 Å². The molecule has 0 aliphatic rings. The first kappa shape index (κ1) is 18.4. The van der Waals surface area contributed by atoms with E-state index in [-0.39, 0.29) is 0 Å². The minimum absolute atomic E-state index is 0.368. The Morgan fingerprint density at radius 2 is 1.60 bits per heavy atom. The van der Waals surface area contributed by atoms with E-state index in [1.54, 1.807) is 6.08 Å². The quantitative estimate of drug-likeness (QED) is 0.353. The molecular formula is C20H30. The molecule has 0 heteroatoms. The highest BCUT2D eigenvalue weighted by molar-refractivity contribution is 5.36. The van der Waals surface area contributed by atoms with Gasteiger partial charge in [-0.25, -0.2) is 0 Å². The van der Waals surface area contributed by atoms with E-state index in [0.717, 1.165) is 17.6 Å². The second-order valence-electron chi connectivity index (χ2n) is 5.85. The molecule has 0 spiro atoms. The topological polar surface area (TPSA) is 0 Å². The highest BCUT2D eigenvalue weighted by Gasteiger charge is 2.14. The molecule has 110 valence electrons. The van der Waals surface area contributed by atoms with Gasteiger partial charge in [0.1, 0.15) is 0 Å². The molecule has 0 aliphatic carbocycles. The van der Waals surface area contributed by atoms with Crippen molar-refractivity contribution >= 4 is 0 Å². The zero-order chi connectivity index (χ0) is 15.9. The highest BCUT2D eigenvalue weighted by Crippen LogP contribution is 2.28. The number of hydrogen-bond donors (Lipinski definition) is 0. The first-order valence-electron chi connectivity index (χ1n) is 7.23. The Balaban J connectivity index is 4.97. The van der Waals surface area contributed by atoms with Gasteiger partial charge in [-0.2, -0.15) is 0 Å². The molecule has 0 nitrogen and oxygen atoms in total. The van der Waals surface area contributed by atoms with Crippen molar-refractivity contribution in [1.29, 1.82) is 0 Å². The monoisotopic (exact) mass is 270 g/mol. The zero-order valence-electron chi connectivity index (χ0n) is 13.9. The Morgan fingerprint density at radius 3 is 2.00 bits per heavy atom. The van der Waals surface area contributed by atoms with Crippen LogP contribution in [-0.2, 0) is 0 Å². The van der Waals surface area contributed by atoms with E-state index in [1.807, 2.05) is 6.92 Å². The van der Waals surface area contributed by atoms with E-state index in [2.05, 4.69) is 66.2 Å². The largest absolute Gasteiger partial charge is 0.0990 e. The average molecular weight is 270 g/mol. The molecule has 0 aromatic rings. The summed E-state index contributed by atoms with van der Waals surface area (Å²) >= 11 is 0. The van der Waals surface area contributed by atoms with E-state index in [4.69, 9.17) is 0 Å². The van der Waals surface area contributed by atoms with Crippen LogP contribution in [-0.4, -0.2) is 0 Å². The lowest BCUT2D eigenvalue weighted by molar-refractivity contribution is 0.636. The van der Waals surface area contributed by atoms with Gasteiger partial charge in [-0.3, -0.25) is 0 Å². The molecular weight excluding hydrogens is 240 g/mol. The summed E-state index contributed by atoms with van der Waals surface area (Å²) < 4.78 is 0. The van der Waals surface area contributed by atoms with Gasteiger partial charge in [0.15, 0.2) is 0 Å². The van der Waals surface area contributed by atoms with Crippen molar-refractivity contribution in [2.24, 2.45) is 11.8 Å². The number of allylic oxidation sites excluding steroid dienone is 8. The van der Waals surface area contributed by atoms with Crippen LogP contribution in [0, 0.1) is 11.8 Å². The molecule has 20 heavy (non-hydrogen) atoms. The van der Waals surface area contributed by atoms with E-state index >= 15 is 0 Å². The van der Waals surface area contributed by atoms with Crippen molar-refractivity contribution in [2.75, 3.05) is 0 Å². The molecule has 0 aromatic heterocycles. The average Bonchev–Trinajstić information content (AvgIpc) is 2.39. The lowest BCUT2D eigenvalue weighted by Crippen LogP contribution is -2.08. The first-order chi connectivity index (χ1) is 9.20. The van der Waals surface area contributed by atoms with Crippen molar-refractivity contribution in [1.82, 2.24) is 0 Å². The predicted octanol–water partition coefficient (Wildman–Crippen LogP) is 6.42. The van der Waals surface area contributed by atoms with Crippen LogP contribution >= 0.6 is 0 Å². The molecule has 1 atom stereocenters. The Labute approximate surface area is 126 Å². The summed E-state index contributed by atoms with van der Waals surface area (Å²) in [5.74, 6) is 0.874. The Bertz CT molecular complexity index is 452. The van der Waals surface area contributed by atoms with Gasteiger partial charge in [0, 0.05) is 0 Å². The summed E-state index contributed by atoms with van der Waals surface area (Å²) in [4.78, 5) is 0. The van der Waals surface area contributed by atoms with Crippen LogP contribution in [0.4, 0.5) is 0 Å². The van der Waals surface area contributed by atoms with Crippen LogP contribution in [0.5, 0.6) is 0 Å². The molecule has 0 fully saturated rings. The van der Waals surface area contributed by atoms with E-state index in [9.17, 15) is 0 Å². The normalized spacial score (nSPS) is 14.1. The molecule has 0 unspecified atom stereocenters. The number of hydrogen-bond acceptors (Lipinski definition) is 0. The molecule has 0 N–H and O–H groups in total. The van der Waals surface area contributed by atoms with Gasteiger partial charge in [0.2, 0.25) is 0 Å². The smallest absolute Gasteiger partial charge is 0.00152 e. The van der Waals surface area contributed by atoms with Crippen molar-refractivity contribution in [3.05, 3.63) is 72.4 Å². The van der Waals surface area contributed by atoms with E-state index in [1.165, 1.54) is 16.7 Å². The first-order valence-corrected chi connectivity index (χ1v) is 7.23. The van der Waals surface area contributed by atoms with Gasteiger partial charge in [0.25, 0.3) is 0 Å². The maximum absolute atomic E-state index is 4.25. The van der Waals surface area contributed by atoms with Crippen molar-refractivity contribution in [3.63, 3.8) is 0 Å². The zero-order valence-corrected chi connectivity index (χ0v) is 13.9. The Kier molecular flexibility index (Phi) is 7.91. The fourth-order valence-electron chi connectivity index (χ4n) is 2.06. The molecule has 0 bridgehead atoms. The second kappa shape index (κ2) is 8.58. The maximum atomic E-state index is 4.25. The van der Waals surface area contributed by atoms with E-state index < -0.39 is 0 Å². The summed E-state index contributed by atoms with van der Waals surface area (Å²) in [7, 11) is 0. The third-order valence-electron chi connectivity index (χ3n) is 3.62. The Hall–Kier alpha value is -1.56. The fraction of sp³-hybridized carbons (Fsp3) is 0.400. The molecule has 0 heterocycles. The summed E-state index contributed by atoms with van der Waals surface area (Å²) in [5, 5.41) is 0. The Morgan fingerprint density at radius 1 is 1.05 bits per heavy atom. The van der Waals surface area contributed by atoms with Crippen molar-refractivity contribution in [2.45, 2.75) is 41.0 Å². The molecule has 0 aromatic carbocycles. The highest BCUT2D eigenvalue weighted by atomic mass is 14.2. The van der Waals surface area contributed by atoms with Crippen molar-refractivity contribution < 1.29 is 0 Å². The van der Waals surface area contributed by atoms with Gasteiger partial charge >= 0.3 is 0 Å². The van der Waals surface area contributed by atoms with Gasteiger partial charge < -0.3 is 0 Å². The van der Waals surface area contributed by atoms with Crippen LogP contribution < -0.4 is 0 Å². The standard InChI is InChI=1S/C20H30/c1-10-16(6)17(7)11-12-18(8)19(9)20(15(4)5)13-14(2)3/h10-11,13,15,19H,1-2,6,8,12H2,3-5,7,9H3/b17-11+,20-13+/t19-/m0/s1. The van der Waals surface area contributed by atoms with E-state index in [0.29, 0.717) is 11.8 Å². The summed E-state index contributed by atoms with van der Waals surface area (Å²) in [5.41, 5.74) is 5.87. The molecule has 0 aliphatic heterocycles. The SMILES string of the molecule is C=CC(=C)/C(C)=C/CC(=C)[C@H](C)/C(=C/C(=C)C)C(C)C. The molecule has 0 saturated carbocycles. The maximum Gasteiger partial charge on any atom is -0.00152 e. The van der Waals surface area contributed by atoms with Crippen LogP contribution in [0.2, 0.25) is 0 Å².